The molecule has 0 amide bonds. The summed E-state index contributed by atoms with van der Waals surface area (Å²) in [6.45, 7) is 11.7. The predicted octanol–water partition coefficient (Wildman–Crippen LogP) is 4.82. The van der Waals surface area contributed by atoms with Gasteiger partial charge in [0.25, 0.3) is 0 Å². The summed E-state index contributed by atoms with van der Waals surface area (Å²) >= 11 is 5.92. The molecule has 0 aromatic carbocycles. The molecule has 0 radical (unpaired) electrons. The number of halogens is 1. The minimum atomic E-state index is 0.100. The van der Waals surface area contributed by atoms with Crippen LogP contribution in [-0.2, 0) is 0 Å². The largest absolute Gasteiger partial charge is 0.380 e. The van der Waals surface area contributed by atoms with E-state index in [1.807, 2.05) is 32.2 Å². The lowest BCUT2D eigenvalue weighted by Gasteiger charge is -2.20. The number of rotatable bonds is 3. The molecule has 120 valence electrons. The lowest BCUT2D eigenvalue weighted by Crippen LogP contribution is -2.27. The first-order valence-corrected chi connectivity index (χ1v) is 7.93. The van der Waals surface area contributed by atoms with Crippen molar-refractivity contribution in [2.24, 2.45) is 0 Å². The van der Waals surface area contributed by atoms with Crippen LogP contribution in [0.15, 0.2) is 72.3 Å². The molecule has 0 saturated carbocycles. The summed E-state index contributed by atoms with van der Waals surface area (Å²) in [7, 11) is 0. The first kappa shape index (κ1) is 17.6. The van der Waals surface area contributed by atoms with Crippen molar-refractivity contribution < 1.29 is 0 Å². The summed E-state index contributed by atoms with van der Waals surface area (Å²) in [5, 5.41) is 3.73. The third kappa shape index (κ3) is 4.40. The minimum absolute atomic E-state index is 0.100. The Morgan fingerprint density at radius 1 is 1.42 bits per heavy atom. The Balaban J connectivity index is 2.26. The number of dihydropyridines is 1. The summed E-state index contributed by atoms with van der Waals surface area (Å²) in [5.41, 5.74) is 7.44. The molecular formula is C21H19ClN2. The zero-order valence-electron chi connectivity index (χ0n) is 13.9. The lowest BCUT2D eigenvalue weighted by molar-refractivity contribution is 0.789. The second-order valence-corrected chi connectivity index (χ2v) is 5.71. The number of hydrogen-bond acceptors (Lipinski definition) is 2. The van der Waals surface area contributed by atoms with Crippen LogP contribution < -0.4 is 5.32 Å². The molecule has 3 heteroatoms. The van der Waals surface area contributed by atoms with Gasteiger partial charge >= 0.3 is 0 Å². The Kier molecular flexibility index (Phi) is 6.04. The molecule has 1 aliphatic rings. The van der Waals surface area contributed by atoms with Gasteiger partial charge in [-0.25, -0.2) is 4.98 Å². The Bertz CT molecular complexity index is 854. The summed E-state index contributed by atoms with van der Waals surface area (Å²) in [4.78, 5) is 4.09. The van der Waals surface area contributed by atoms with Crippen molar-refractivity contribution in [2.75, 3.05) is 0 Å². The van der Waals surface area contributed by atoms with Gasteiger partial charge in [0.15, 0.2) is 0 Å². The Morgan fingerprint density at radius 3 is 2.88 bits per heavy atom. The van der Waals surface area contributed by atoms with Crippen molar-refractivity contribution in [3.05, 3.63) is 88.6 Å². The summed E-state index contributed by atoms with van der Waals surface area (Å²) in [5.74, 6) is 6.32. The van der Waals surface area contributed by atoms with Crippen molar-refractivity contribution in [3.8, 4) is 11.8 Å². The van der Waals surface area contributed by atoms with E-state index in [0.717, 1.165) is 27.8 Å². The van der Waals surface area contributed by atoms with Gasteiger partial charge in [-0.2, -0.15) is 0 Å². The van der Waals surface area contributed by atoms with Gasteiger partial charge in [0.05, 0.1) is 11.6 Å². The molecule has 24 heavy (non-hydrogen) atoms. The fourth-order valence-corrected chi connectivity index (χ4v) is 2.42. The molecule has 1 aromatic heterocycles. The van der Waals surface area contributed by atoms with Crippen LogP contribution in [0.4, 0.5) is 0 Å². The third-order valence-corrected chi connectivity index (χ3v) is 3.73. The molecule has 0 bridgehead atoms. The van der Waals surface area contributed by atoms with Gasteiger partial charge in [-0.3, -0.25) is 0 Å². The normalized spacial score (nSPS) is 16.2. The number of nitrogens with one attached hydrogen (secondary N) is 1. The van der Waals surface area contributed by atoms with E-state index in [0.29, 0.717) is 5.15 Å². The predicted molar refractivity (Wildman–Crippen MR) is 102 cm³/mol. The van der Waals surface area contributed by atoms with E-state index >= 15 is 0 Å². The molecule has 0 aliphatic carbocycles. The number of pyridine rings is 1. The van der Waals surface area contributed by atoms with Crippen LogP contribution in [0.25, 0.3) is 6.08 Å². The Labute approximate surface area is 148 Å². The smallest absolute Gasteiger partial charge is 0.129 e. The molecule has 1 N–H and O–H groups in total. The molecule has 1 atom stereocenters. The van der Waals surface area contributed by atoms with Crippen molar-refractivity contribution in [3.63, 3.8) is 0 Å². The van der Waals surface area contributed by atoms with Gasteiger partial charge in [-0.15, -0.1) is 5.73 Å². The maximum absolute atomic E-state index is 5.92. The zero-order valence-corrected chi connectivity index (χ0v) is 14.6. The van der Waals surface area contributed by atoms with E-state index in [1.54, 1.807) is 18.3 Å². The SMILES string of the molecule is C=C=Cc1cc(Cl)ncc1C#CC1=CNC(C(=C)/C=C\C)C=C1C. The number of allylic oxidation sites excluding steroid dienone is 3. The van der Waals surface area contributed by atoms with Gasteiger partial charge in [-0.1, -0.05) is 54.8 Å². The monoisotopic (exact) mass is 334 g/mol. The molecule has 2 rings (SSSR count). The van der Waals surface area contributed by atoms with E-state index in [4.69, 9.17) is 11.6 Å². The fraction of sp³-hybridized carbons (Fsp3) is 0.143. The standard InChI is InChI=1S/C21H19ClN2/c1-5-7-15(3)20-11-16(4)18(13-23-20)9-10-19-14-24-21(22)12-17(19)8-6-2/h5,7-8,11-14,20,23H,2-3H2,1,4H3/b7-5-. The van der Waals surface area contributed by atoms with Crippen LogP contribution >= 0.6 is 11.6 Å². The second-order valence-electron chi connectivity index (χ2n) is 5.32. The van der Waals surface area contributed by atoms with Crippen LogP contribution in [-0.4, -0.2) is 11.0 Å². The van der Waals surface area contributed by atoms with E-state index in [-0.39, 0.29) is 6.04 Å². The lowest BCUT2D eigenvalue weighted by atomic mass is 9.98. The van der Waals surface area contributed by atoms with Crippen molar-refractivity contribution in [2.45, 2.75) is 19.9 Å². The molecule has 1 aliphatic heterocycles. The van der Waals surface area contributed by atoms with Gasteiger partial charge in [0.2, 0.25) is 0 Å². The Morgan fingerprint density at radius 2 is 2.21 bits per heavy atom. The third-order valence-electron chi connectivity index (χ3n) is 3.52. The molecule has 2 heterocycles. The van der Waals surface area contributed by atoms with Gasteiger partial charge in [0, 0.05) is 23.5 Å². The number of nitrogens with zero attached hydrogens (tertiary/aromatic N) is 1. The first-order valence-electron chi connectivity index (χ1n) is 7.55. The summed E-state index contributed by atoms with van der Waals surface area (Å²) in [6.07, 6.45) is 11.4. The molecular weight excluding hydrogens is 316 g/mol. The van der Waals surface area contributed by atoms with Crippen LogP contribution in [0.1, 0.15) is 25.0 Å². The molecule has 1 unspecified atom stereocenters. The molecule has 1 aromatic rings. The van der Waals surface area contributed by atoms with E-state index in [1.165, 1.54) is 0 Å². The van der Waals surface area contributed by atoms with Crippen molar-refractivity contribution >= 4 is 17.7 Å². The topological polar surface area (TPSA) is 24.9 Å². The van der Waals surface area contributed by atoms with E-state index in [2.05, 4.69) is 47.1 Å². The quantitative estimate of drug-likeness (QED) is 0.371. The van der Waals surface area contributed by atoms with Crippen LogP contribution in [0.2, 0.25) is 5.15 Å². The molecule has 2 nitrogen and oxygen atoms in total. The molecule has 0 spiro atoms. The minimum Gasteiger partial charge on any atom is -0.380 e. The van der Waals surface area contributed by atoms with Crippen molar-refractivity contribution in [1.82, 2.24) is 10.3 Å². The second kappa shape index (κ2) is 8.22. The van der Waals surface area contributed by atoms with Crippen LogP contribution in [0, 0.1) is 11.8 Å². The summed E-state index contributed by atoms with van der Waals surface area (Å²) in [6, 6.07) is 1.85. The highest BCUT2D eigenvalue weighted by atomic mass is 35.5. The van der Waals surface area contributed by atoms with E-state index < -0.39 is 0 Å². The van der Waals surface area contributed by atoms with Crippen LogP contribution in [0.5, 0.6) is 0 Å². The maximum Gasteiger partial charge on any atom is 0.129 e. The highest BCUT2D eigenvalue weighted by Gasteiger charge is 2.12. The van der Waals surface area contributed by atoms with Gasteiger partial charge in [-0.05, 0) is 37.1 Å². The number of hydrogen-bond donors (Lipinski definition) is 1. The maximum atomic E-state index is 5.92. The average molecular weight is 335 g/mol. The first-order chi connectivity index (χ1) is 11.5. The van der Waals surface area contributed by atoms with Gasteiger partial charge < -0.3 is 5.32 Å². The highest BCUT2D eigenvalue weighted by Crippen LogP contribution is 2.18. The fourth-order valence-electron chi connectivity index (χ4n) is 2.25. The van der Waals surface area contributed by atoms with Gasteiger partial charge in [0.1, 0.15) is 5.15 Å². The number of aromatic nitrogens is 1. The van der Waals surface area contributed by atoms with E-state index in [9.17, 15) is 0 Å². The Hall–Kier alpha value is -2.72. The average Bonchev–Trinajstić information content (AvgIpc) is 2.55. The molecule has 0 fully saturated rings. The highest BCUT2D eigenvalue weighted by molar-refractivity contribution is 6.29. The zero-order chi connectivity index (χ0) is 17.5. The molecule has 0 saturated heterocycles. The summed E-state index contributed by atoms with van der Waals surface area (Å²) < 4.78 is 0. The van der Waals surface area contributed by atoms with Crippen LogP contribution in [0.3, 0.4) is 0 Å². The van der Waals surface area contributed by atoms with Crippen molar-refractivity contribution in [1.29, 1.82) is 0 Å².